The molecule has 2 aliphatic heterocycles. The van der Waals surface area contributed by atoms with Crippen LogP contribution < -0.4 is 0 Å². The number of aryl methyl sites for hydroxylation is 1. The van der Waals surface area contributed by atoms with Gasteiger partial charge in [-0.1, -0.05) is 0 Å². The molecular formula is C18H22N4O3S. The number of hydrogen-bond acceptors (Lipinski definition) is 5. The molecule has 2 aromatic heterocycles. The first-order chi connectivity index (χ1) is 12.7. The van der Waals surface area contributed by atoms with Crippen molar-refractivity contribution in [2.45, 2.75) is 18.9 Å². The highest BCUT2D eigenvalue weighted by atomic mass is 32.1. The lowest BCUT2D eigenvalue weighted by molar-refractivity contribution is -0.130. The van der Waals surface area contributed by atoms with Crippen molar-refractivity contribution in [3.63, 3.8) is 0 Å². The number of carbonyl (C=O) groups excluding carboxylic acids is 2. The molecule has 0 aromatic carbocycles. The number of rotatable bonds is 4. The first-order valence-corrected chi connectivity index (χ1v) is 9.84. The van der Waals surface area contributed by atoms with E-state index in [-0.39, 0.29) is 23.8 Å². The van der Waals surface area contributed by atoms with Crippen molar-refractivity contribution in [2.24, 2.45) is 5.92 Å². The normalized spacial score (nSPS) is 22.9. The highest BCUT2D eigenvalue weighted by molar-refractivity contribution is 7.07. The van der Waals surface area contributed by atoms with Gasteiger partial charge >= 0.3 is 0 Å². The number of ether oxygens (including phenoxy) is 1. The monoisotopic (exact) mass is 374 g/mol. The van der Waals surface area contributed by atoms with Gasteiger partial charge in [-0.2, -0.15) is 0 Å². The fourth-order valence-electron chi connectivity index (χ4n) is 3.69. The molecule has 2 amide bonds. The minimum Gasteiger partial charge on any atom is -0.374 e. The van der Waals surface area contributed by atoms with E-state index >= 15 is 0 Å². The van der Waals surface area contributed by atoms with Crippen LogP contribution in [-0.4, -0.2) is 70.5 Å². The zero-order valence-electron chi connectivity index (χ0n) is 14.5. The van der Waals surface area contributed by atoms with Crippen LogP contribution in [0.2, 0.25) is 0 Å². The lowest BCUT2D eigenvalue weighted by Crippen LogP contribution is -2.38. The number of aromatic nitrogens is 2. The summed E-state index contributed by atoms with van der Waals surface area (Å²) in [6.07, 6.45) is 3.09. The van der Waals surface area contributed by atoms with E-state index in [0.717, 1.165) is 5.69 Å². The standard InChI is InChI=1S/C18H22N4O3S/c23-17(4-3-14-2-1-5-19-14)22-9-13-8-21(6-7-25-16(13)10-22)18(24)15-11-26-12-20-15/h1-2,5,11-13,16,19H,3-4,6-10H2/t13-,16+/m0/s1. The van der Waals surface area contributed by atoms with Crippen LogP contribution in [0.15, 0.2) is 29.2 Å². The van der Waals surface area contributed by atoms with Crippen LogP contribution in [0, 0.1) is 5.92 Å². The molecule has 0 unspecified atom stereocenters. The molecule has 4 heterocycles. The van der Waals surface area contributed by atoms with E-state index in [1.165, 1.54) is 11.3 Å². The fourth-order valence-corrected chi connectivity index (χ4v) is 4.21. The van der Waals surface area contributed by atoms with Gasteiger partial charge in [-0.25, -0.2) is 4.98 Å². The van der Waals surface area contributed by atoms with E-state index in [0.29, 0.717) is 51.3 Å². The Hall–Kier alpha value is -2.19. The molecule has 2 atom stereocenters. The molecular weight excluding hydrogens is 352 g/mol. The smallest absolute Gasteiger partial charge is 0.273 e. The van der Waals surface area contributed by atoms with Crippen molar-refractivity contribution >= 4 is 23.2 Å². The summed E-state index contributed by atoms with van der Waals surface area (Å²) in [5.41, 5.74) is 3.23. The zero-order chi connectivity index (χ0) is 17.9. The number of thiazole rings is 1. The van der Waals surface area contributed by atoms with Crippen LogP contribution in [0.1, 0.15) is 22.6 Å². The molecule has 26 heavy (non-hydrogen) atoms. The number of carbonyl (C=O) groups is 2. The Morgan fingerprint density at radius 3 is 2.96 bits per heavy atom. The molecule has 7 nitrogen and oxygen atoms in total. The second-order valence-corrected chi connectivity index (χ2v) is 7.51. The summed E-state index contributed by atoms with van der Waals surface area (Å²) in [6, 6.07) is 3.93. The third kappa shape index (κ3) is 3.66. The molecule has 0 spiro atoms. The maximum absolute atomic E-state index is 12.6. The van der Waals surface area contributed by atoms with E-state index in [4.69, 9.17) is 4.74 Å². The minimum absolute atomic E-state index is 0.0117. The van der Waals surface area contributed by atoms with Gasteiger partial charge < -0.3 is 19.5 Å². The number of H-pyrrole nitrogens is 1. The average molecular weight is 374 g/mol. The van der Waals surface area contributed by atoms with Gasteiger partial charge in [-0.3, -0.25) is 9.59 Å². The third-order valence-corrected chi connectivity index (χ3v) is 5.68. The summed E-state index contributed by atoms with van der Waals surface area (Å²) >= 11 is 1.42. The third-order valence-electron chi connectivity index (χ3n) is 5.09. The highest BCUT2D eigenvalue weighted by Crippen LogP contribution is 2.25. The molecule has 2 saturated heterocycles. The topological polar surface area (TPSA) is 78.5 Å². The second kappa shape index (κ2) is 7.59. The van der Waals surface area contributed by atoms with E-state index in [9.17, 15) is 9.59 Å². The molecule has 2 fully saturated rings. The zero-order valence-corrected chi connectivity index (χ0v) is 15.3. The Bertz CT molecular complexity index is 747. The van der Waals surface area contributed by atoms with Crippen LogP contribution in [-0.2, 0) is 16.0 Å². The summed E-state index contributed by atoms with van der Waals surface area (Å²) in [5.74, 6) is 0.259. The number of fused-ring (bicyclic) bond motifs is 1. The van der Waals surface area contributed by atoms with E-state index in [1.54, 1.807) is 10.9 Å². The molecule has 2 aliphatic rings. The molecule has 0 aliphatic carbocycles. The molecule has 0 saturated carbocycles. The Labute approximate surface area is 156 Å². The lowest BCUT2D eigenvalue weighted by Gasteiger charge is -2.23. The SMILES string of the molecule is O=C(CCc1ccc[nH]1)N1C[C@@H]2CN(C(=O)c3cscn3)CCO[C@@H]2C1. The number of hydrogen-bond donors (Lipinski definition) is 1. The van der Waals surface area contributed by atoms with E-state index in [1.807, 2.05) is 28.1 Å². The molecule has 8 heteroatoms. The second-order valence-electron chi connectivity index (χ2n) is 6.79. The molecule has 0 radical (unpaired) electrons. The first kappa shape index (κ1) is 17.2. The molecule has 1 N–H and O–H groups in total. The van der Waals surface area contributed by atoms with Gasteiger partial charge in [0.1, 0.15) is 5.69 Å². The van der Waals surface area contributed by atoms with Crippen molar-refractivity contribution in [1.29, 1.82) is 0 Å². The number of aromatic amines is 1. The van der Waals surface area contributed by atoms with Gasteiger partial charge in [-0.05, 0) is 18.6 Å². The maximum Gasteiger partial charge on any atom is 0.273 e. The molecule has 4 rings (SSSR count). The maximum atomic E-state index is 12.6. The molecule has 138 valence electrons. The average Bonchev–Trinajstić information content (AvgIpc) is 3.39. The Morgan fingerprint density at radius 1 is 1.31 bits per heavy atom. The van der Waals surface area contributed by atoms with E-state index < -0.39 is 0 Å². The van der Waals surface area contributed by atoms with Crippen LogP contribution in [0.25, 0.3) is 0 Å². The highest BCUT2D eigenvalue weighted by Gasteiger charge is 2.39. The van der Waals surface area contributed by atoms with Crippen molar-refractivity contribution in [2.75, 3.05) is 32.8 Å². The van der Waals surface area contributed by atoms with Gasteiger partial charge in [0.25, 0.3) is 5.91 Å². The summed E-state index contributed by atoms with van der Waals surface area (Å²) in [6.45, 7) is 2.95. The summed E-state index contributed by atoms with van der Waals surface area (Å²) in [5, 5.41) is 1.77. The summed E-state index contributed by atoms with van der Waals surface area (Å²) in [7, 11) is 0. The molecule has 2 aromatic rings. The number of amides is 2. The van der Waals surface area contributed by atoms with Gasteiger partial charge in [0.2, 0.25) is 5.91 Å². The Balaban J connectivity index is 1.35. The first-order valence-electron chi connectivity index (χ1n) is 8.90. The predicted molar refractivity (Wildman–Crippen MR) is 96.9 cm³/mol. The summed E-state index contributed by atoms with van der Waals surface area (Å²) < 4.78 is 5.94. The van der Waals surface area contributed by atoms with Crippen LogP contribution in [0.4, 0.5) is 0 Å². The molecule has 0 bridgehead atoms. The fraction of sp³-hybridized carbons (Fsp3) is 0.500. The predicted octanol–water partition coefficient (Wildman–Crippen LogP) is 1.40. The van der Waals surface area contributed by atoms with Crippen LogP contribution in [0.3, 0.4) is 0 Å². The Morgan fingerprint density at radius 2 is 2.19 bits per heavy atom. The van der Waals surface area contributed by atoms with Crippen LogP contribution in [0.5, 0.6) is 0 Å². The Kier molecular flexibility index (Phi) is 5.03. The number of nitrogens with zero attached hydrogens (tertiary/aromatic N) is 3. The van der Waals surface area contributed by atoms with Crippen molar-refractivity contribution in [3.05, 3.63) is 40.6 Å². The van der Waals surface area contributed by atoms with E-state index in [2.05, 4.69) is 9.97 Å². The van der Waals surface area contributed by atoms with Gasteiger partial charge in [0.15, 0.2) is 0 Å². The van der Waals surface area contributed by atoms with Crippen molar-refractivity contribution in [1.82, 2.24) is 19.8 Å². The minimum atomic E-state index is -0.0491. The number of likely N-dealkylation sites (tertiary alicyclic amines) is 1. The number of nitrogens with one attached hydrogen (secondary N) is 1. The lowest BCUT2D eigenvalue weighted by atomic mass is 10.1. The van der Waals surface area contributed by atoms with Gasteiger partial charge in [0, 0.05) is 55.8 Å². The van der Waals surface area contributed by atoms with Gasteiger partial charge in [-0.15, -0.1) is 11.3 Å². The van der Waals surface area contributed by atoms with Gasteiger partial charge in [0.05, 0.1) is 18.2 Å². The summed E-state index contributed by atoms with van der Waals surface area (Å²) in [4.78, 5) is 36.1. The largest absolute Gasteiger partial charge is 0.374 e. The van der Waals surface area contributed by atoms with Crippen molar-refractivity contribution in [3.8, 4) is 0 Å². The quantitative estimate of drug-likeness (QED) is 0.878. The van der Waals surface area contributed by atoms with Crippen molar-refractivity contribution < 1.29 is 14.3 Å². The van der Waals surface area contributed by atoms with Crippen LogP contribution >= 0.6 is 11.3 Å².